The molecule has 1 aromatic rings. The number of ether oxygens (including phenoxy) is 2. The maximum absolute atomic E-state index is 12.9. The minimum absolute atomic E-state index is 0.0104. The number of hydrogen-bond acceptors (Lipinski definition) is 6. The van der Waals surface area contributed by atoms with E-state index in [0.717, 1.165) is 24.6 Å². The monoisotopic (exact) mass is 351 g/mol. The molecule has 0 spiro atoms. The molecule has 1 aromatic heterocycles. The first-order chi connectivity index (χ1) is 12.1. The summed E-state index contributed by atoms with van der Waals surface area (Å²) < 4.78 is 16.7. The summed E-state index contributed by atoms with van der Waals surface area (Å²) in [4.78, 5) is 15.2. The Kier molecular flexibility index (Phi) is 6.11. The smallest absolute Gasteiger partial charge is 0.227 e. The van der Waals surface area contributed by atoms with Gasteiger partial charge in [-0.05, 0) is 31.9 Å². The average molecular weight is 351 g/mol. The summed E-state index contributed by atoms with van der Waals surface area (Å²) in [7, 11) is 0. The molecule has 140 valence electrons. The summed E-state index contributed by atoms with van der Waals surface area (Å²) >= 11 is 0. The fraction of sp³-hybridized carbons (Fsp3) is 0.722. The van der Waals surface area contributed by atoms with E-state index >= 15 is 0 Å². The van der Waals surface area contributed by atoms with Crippen molar-refractivity contribution >= 4 is 5.91 Å². The number of morpholine rings is 1. The Hall–Kier alpha value is -1.41. The summed E-state index contributed by atoms with van der Waals surface area (Å²) in [5.74, 6) is 1.79. The Morgan fingerprint density at radius 1 is 1.24 bits per heavy atom. The van der Waals surface area contributed by atoms with Crippen LogP contribution >= 0.6 is 0 Å². The highest BCUT2D eigenvalue weighted by Gasteiger charge is 2.39. The number of carbonyl (C=O) groups excluding carboxylic acids is 1. The third-order valence-corrected chi connectivity index (χ3v) is 5.35. The van der Waals surface area contributed by atoms with E-state index in [4.69, 9.17) is 19.6 Å². The second kappa shape index (κ2) is 8.31. The van der Waals surface area contributed by atoms with Crippen LogP contribution in [0.4, 0.5) is 0 Å². The van der Waals surface area contributed by atoms with Gasteiger partial charge in [-0.15, -0.1) is 0 Å². The highest BCUT2D eigenvalue weighted by molar-refractivity contribution is 5.83. The molecule has 1 amide bonds. The Morgan fingerprint density at radius 2 is 1.92 bits per heavy atom. The first kappa shape index (κ1) is 18.4. The lowest BCUT2D eigenvalue weighted by Crippen LogP contribution is -2.51. The number of nitrogens with two attached hydrogens (primary N) is 1. The van der Waals surface area contributed by atoms with Crippen molar-refractivity contribution < 1.29 is 18.7 Å². The van der Waals surface area contributed by atoms with Gasteiger partial charge in [-0.2, -0.15) is 0 Å². The summed E-state index contributed by atoms with van der Waals surface area (Å²) in [5, 5.41) is 3.13. The van der Waals surface area contributed by atoms with E-state index in [1.165, 1.54) is 0 Å². The standard InChI is InChI=1S/C18H29N3O4/c1-14-2-3-16(25-14)15(21-6-10-24-11-7-21)12-20-17(22)18(13-19)4-8-23-9-5-18/h2-3,15H,4-13,19H2,1H3,(H,20,22). The molecule has 7 nitrogen and oxygen atoms in total. The van der Waals surface area contributed by atoms with E-state index in [0.29, 0.717) is 52.4 Å². The van der Waals surface area contributed by atoms with Gasteiger partial charge in [0.25, 0.3) is 0 Å². The Labute approximate surface area is 148 Å². The largest absolute Gasteiger partial charge is 0.465 e. The third-order valence-electron chi connectivity index (χ3n) is 5.35. The fourth-order valence-corrected chi connectivity index (χ4v) is 3.59. The number of nitrogens with one attached hydrogen (secondary N) is 1. The highest BCUT2D eigenvalue weighted by atomic mass is 16.5. The molecule has 2 saturated heterocycles. The summed E-state index contributed by atoms with van der Waals surface area (Å²) in [6.45, 7) is 7.04. The van der Waals surface area contributed by atoms with E-state index in [1.807, 2.05) is 19.1 Å². The predicted molar refractivity (Wildman–Crippen MR) is 93.1 cm³/mol. The molecule has 3 rings (SSSR count). The highest BCUT2D eigenvalue weighted by Crippen LogP contribution is 2.30. The number of rotatable bonds is 6. The lowest BCUT2D eigenvalue weighted by atomic mass is 9.79. The van der Waals surface area contributed by atoms with Crippen molar-refractivity contribution in [3.05, 3.63) is 23.7 Å². The maximum atomic E-state index is 12.9. The van der Waals surface area contributed by atoms with Crippen molar-refractivity contribution in [3.63, 3.8) is 0 Å². The summed E-state index contributed by atoms with van der Waals surface area (Å²) in [5.41, 5.74) is 5.43. The van der Waals surface area contributed by atoms with Gasteiger partial charge in [0.15, 0.2) is 0 Å². The number of nitrogens with zero attached hydrogens (tertiary/aromatic N) is 1. The van der Waals surface area contributed by atoms with Crippen molar-refractivity contribution in [1.82, 2.24) is 10.2 Å². The first-order valence-electron chi connectivity index (χ1n) is 9.09. The van der Waals surface area contributed by atoms with Gasteiger partial charge < -0.3 is 24.9 Å². The number of hydrogen-bond donors (Lipinski definition) is 2. The minimum Gasteiger partial charge on any atom is -0.465 e. The normalized spacial score (nSPS) is 22.5. The first-order valence-corrected chi connectivity index (χ1v) is 9.09. The lowest BCUT2D eigenvalue weighted by Gasteiger charge is -2.37. The molecule has 0 saturated carbocycles. The Bertz CT molecular complexity index is 562. The van der Waals surface area contributed by atoms with E-state index in [-0.39, 0.29) is 11.9 Å². The second-order valence-electron chi connectivity index (χ2n) is 6.92. The van der Waals surface area contributed by atoms with Gasteiger partial charge in [0.2, 0.25) is 5.91 Å². The molecule has 2 aliphatic heterocycles. The number of amides is 1. The van der Waals surface area contributed by atoms with Crippen LogP contribution in [0.15, 0.2) is 16.5 Å². The van der Waals surface area contributed by atoms with E-state index in [1.54, 1.807) is 0 Å². The van der Waals surface area contributed by atoms with Gasteiger partial charge in [0, 0.05) is 39.4 Å². The van der Waals surface area contributed by atoms with Crippen LogP contribution in [0.3, 0.4) is 0 Å². The number of aryl methyl sites for hydroxylation is 1. The molecule has 0 aromatic carbocycles. The van der Waals surface area contributed by atoms with Gasteiger partial charge in [-0.25, -0.2) is 0 Å². The van der Waals surface area contributed by atoms with Crippen LogP contribution in [-0.4, -0.2) is 63.4 Å². The third kappa shape index (κ3) is 4.23. The molecule has 2 fully saturated rings. The van der Waals surface area contributed by atoms with Crippen molar-refractivity contribution in [2.75, 3.05) is 52.6 Å². The fourth-order valence-electron chi connectivity index (χ4n) is 3.59. The van der Waals surface area contributed by atoms with E-state index in [9.17, 15) is 4.79 Å². The van der Waals surface area contributed by atoms with Gasteiger partial charge in [-0.1, -0.05) is 0 Å². The molecule has 3 heterocycles. The van der Waals surface area contributed by atoms with Crippen molar-refractivity contribution in [2.24, 2.45) is 11.1 Å². The molecule has 1 atom stereocenters. The van der Waals surface area contributed by atoms with Gasteiger partial charge in [0.05, 0.1) is 24.7 Å². The van der Waals surface area contributed by atoms with Gasteiger partial charge in [0.1, 0.15) is 11.5 Å². The minimum atomic E-state index is -0.507. The van der Waals surface area contributed by atoms with Gasteiger partial charge in [-0.3, -0.25) is 9.69 Å². The van der Waals surface area contributed by atoms with Crippen LogP contribution in [0.1, 0.15) is 30.4 Å². The Balaban J connectivity index is 1.68. The van der Waals surface area contributed by atoms with Crippen molar-refractivity contribution in [2.45, 2.75) is 25.8 Å². The molecule has 1 unspecified atom stereocenters. The Morgan fingerprint density at radius 3 is 2.52 bits per heavy atom. The van der Waals surface area contributed by atoms with E-state index < -0.39 is 5.41 Å². The quantitative estimate of drug-likeness (QED) is 0.789. The molecule has 3 N–H and O–H groups in total. The molecular formula is C18H29N3O4. The van der Waals surface area contributed by atoms with Crippen molar-refractivity contribution in [1.29, 1.82) is 0 Å². The van der Waals surface area contributed by atoms with Crippen molar-refractivity contribution in [3.8, 4) is 0 Å². The van der Waals surface area contributed by atoms with Crippen LogP contribution in [-0.2, 0) is 14.3 Å². The average Bonchev–Trinajstić information content (AvgIpc) is 3.09. The van der Waals surface area contributed by atoms with Gasteiger partial charge >= 0.3 is 0 Å². The number of furan rings is 1. The molecule has 0 radical (unpaired) electrons. The summed E-state index contributed by atoms with van der Waals surface area (Å²) in [6, 6.07) is 3.97. The molecule has 25 heavy (non-hydrogen) atoms. The molecular weight excluding hydrogens is 322 g/mol. The molecule has 2 aliphatic rings. The van der Waals surface area contributed by atoms with Crippen LogP contribution in [0.25, 0.3) is 0 Å². The second-order valence-corrected chi connectivity index (χ2v) is 6.92. The maximum Gasteiger partial charge on any atom is 0.227 e. The van der Waals surface area contributed by atoms with E-state index in [2.05, 4.69) is 10.2 Å². The van der Waals surface area contributed by atoms with Crippen LogP contribution in [0, 0.1) is 12.3 Å². The van der Waals surface area contributed by atoms with Crippen LogP contribution in [0.2, 0.25) is 0 Å². The zero-order valence-corrected chi connectivity index (χ0v) is 15.0. The van der Waals surface area contributed by atoms with Crippen LogP contribution in [0.5, 0.6) is 0 Å². The lowest BCUT2D eigenvalue weighted by molar-refractivity contribution is -0.136. The molecule has 7 heteroatoms. The predicted octanol–water partition coefficient (Wildman–Crippen LogP) is 0.833. The zero-order valence-electron chi connectivity index (χ0n) is 15.0. The van der Waals surface area contributed by atoms with Crippen LogP contribution < -0.4 is 11.1 Å². The summed E-state index contributed by atoms with van der Waals surface area (Å²) in [6.07, 6.45) is 1.36. The zero-order chi connectivity index (χ0) is 17.7. The molecule has 0 bridgehead atoms. The topological polar surface area (TPSA) is 90.0 Å². The molecule has 0 aliphatic carbocycles. The SMILES string of the molecule is Cc1ccc(C(CNC(=O)C2(CN)CCOCC2)N2CCOCC2)o1. The number of carbonyl (C=O) groups is 1.